The topological polar surface area (TPSA) is 66.7 Å². The van der Waals surface area contributed by atoms with Crippen LogP contribution in [0, 0.1) is 5.41 Å². The molecule has 2 fully saturated rings. The van der Waals surface area contributed by atoms with Crippen LogP contribution in [0.4, 0.5) is 0 Å². The molecule has 6 nitrogen and oxygen atoms in total. The molecule has 0 unspecified atom stereocenters. The van der Waals surface area contributed by atoms with Crippen molar-refractivity contribution in [3.63, 3.8) is 0 Å². The number of likely N-dealkylation sites (tertiary alicyclic amines) is 2. The number of nitrogens with zero attached hydrogens (tertiary/aromatic N) is 3. The van der Waals surface area contributed by atoms with E-state index in [0.717, 1.165) is 13.0 Å². The van der Waals surface area contributed by atoms with E-state index in [9.17, 15) is 9.59 Å². The molecule has 2 amide bonds. The van der Waals surface area contributed by atoms with Crippen LogP contribution in [0.5, 0.6) is 0 Å². The Bertz CT molecular complexity index is 721. The lowest BCUT2D eigenvalue weighted by atomic mass is 9.79. The molecule has 2 aliphatic rings. The molecule has 2 saturated heterocycles. The molecular weight excluding hydrogens is 294 g/mol. The molecule has 2 aromatic rings. The van der Waals surface area contributed by atoms with Gasteiger partial charge in [-0.05, 0) is 24.6 Å². The fourth-order valence-electron chi connectivity index (χ4n) is 3.51. The summed E-state index contributed by atoms with van der Waals surface area (Å²) in [7, 11) is 0. The number of hydrogen-bond donors (Lipinski definition) is 0. The fraction of sp³-hybridized carbons (Fsp3) is 0.353. The van der Waals surface area contributed by atoms with Crippen molar-refractivity contribution in [2.75, 3.05) is 26.2 Å². The summed E-state index contributed by atoms with van der Waals surface area (Å²) in [5, 5.41) is 0. The highest BCUT2D eigenvalue weighted by Gasteiger charge is 2.50. The van der Waals surface area contributed by atoms with Gasteiger partial charge in [-0.25, -0.2) is 0 Å². The molecule has 4 heterocycles. The number of rotatable bonds is 2. The monoisotopic (exact) mass is 311 g/mol. The van der Waals surface area contributed by atoms with Crippen molar-refractivity contribution >= 4 is 11.8 Å². The number of furan rings is 1. The average molecular weight is 311 g/mol. The summed E-state index contributed by atoms with van der Waals surface area (Å²) < 4.78 is 4.96. The van der Waals surface area contributed by atoms with Crippen molar-refractivity contribution in [1.29, 1.82) is 0 Å². The van der Waals surface area contributed by atoms with E-state index < -0.39 is 0 Å². The van der Waals surface area contributed by atoms with Gasteiger partial charge in [0.1, 0.15) is 6.26 Å². The largest absolute Gasteiger partial charge is 0.472 e. The lowest BCUT2D eigenvalue weighted by molar-refractivity contribution is 0.0110. The predicted molar refractivity (Wildman–Crippen MR) is 81.8 cm³/mol. The molecule has 2 aliphatic heterocycles. The lowest BCUT2D eigenvalue weighted by Crippen LogP contribution is -2.59. The van der Waals surface area contributed by atoms with E-state index in [1.165, 1.54) is 12.5 Å². The van der Waals surface area contributed by atoms with E-state index in [2.05, 4.69) is 4.98 Å². The molecule has 0 saturated carbocycles. The second-order valence-electron chi connectivity index (χ2n) is 6.39. The van der Waals surface area contributed by atoms with Crippen LogP contribution in [0.25, 0.3) is 0 Å². The SMILES string of the molecule is O=C(c1cccnc1)N1CCC2(C1)CN(C(=O)c1ccoc1)C2. The number of pyridine rings is 1. The Balaban J connectivity index is 1.38. The molecule has 0 aromatic carbocycles. The molecule has 118 valence electrons. The maximum Gasteiger partial charge on any atom is 0.257 e. The molecule has 2 aromatic heterocycles. The van der Waals surface area contributed by atoms with Gasteiger partial charge in [0.05, 0.1) is 17.4 Å². The highest BCUT2D eigenvalue weighted by Crippen LogP contribution is 2.40. The molecule has 23 heavy (non-hydrogen) atoms. The minimum absolute atomic E-state index is 0.00131. The van der Waals surface area contributed by atoms with E-state index in [0.29, 0.717) is 30.8 Å². The van der Waals surface area contributed by atoms with Crippen molar-refractivity contribution in [2.45, 2.75) is 6.42 Å². The van der Waals surface area contributed by atoms with Gasteiger partial charge in [0.2, 0.25) is 0 Å². The van der Waals surface area contributed by atoms with Crippen LogP contribution in [0.1, 0.15) is 27.1 Å². The third kappa shape index (κ3) is 2.40. The maximum atomic E-state index is 12.5. The number of amides is 2. The van der Waals surface area contributed by atoms with Gasteiger partial charge in [-0.3, -0.25) is 14.6 Å². The summed E-state index contributed by atoms with van der Waals surface area (Å²) >= 11 is 0. The maximum absolute atomic E-state index is 12.5. The summed E-state index contributed by atoms with van der Waals surface area (Å²) in [6.07, 6.45) is 7.18. The Morgan fingerprint density at radius 1 is 1.09 bits per heavy atom. The van der Waals surface area contributed by atoms with Crippen LogP contribution in [-0.4, -0.2) is 52.8 Å². The number of hydrogen-bond acceptors (Lipinski definition) is 4. The first kappa shape index (κ1) is 14.0. The fourth-order valence-corrected chi connectivity index (χ4v) is 3.51. The van der Waals surface area contributed by atoms with Crippen LogP contribution < -0.4 is 0 Å². The second kappa shape index (κ2) is 5.22. The standard InChI is InChI=1S/C17H17N3O3/c21-15(13-2-1-5-18-8-13)19-6-4-17(10-19)11-20(12-17)16(22)14-3-7-23-9-14/h1-3,5,7-9H,4,6,10-12H2. The zero-order chi connectivity index (χ0) is 15.9. The summed E-state index contributed by atoms with van der Waals surface area (Å²) in [6.45, 7) is 2.85. The minimum atomic E-state index is 0.00131. The van der Waals surface area contributed by atoms with Gasteiger partial charge in [-0.2, -0.15) is 0 Å². The van der Waals surface area contributed by atoms with Gasteiger partial charge in [-0.1, -0.05) is 0 Å². The minimum Gasteiger partial charge on any atom is -0.472 e. The summed E-state index contributed by atoms with van der Waals surface area (Å²) in [5.74, 6) is 0.0241. The normalized spacial score (nSPS) is 19.0. The van der Waals surface area contributed by atoms with Crippen molar-refractivity contribution in [1.82, 2.24) is 14.8 Å². The first-order valence-corrected chi connectivity index (χ1v) is 7.68. The summed E-state index contributed by atoms with van der Waals surface area (Å²) in [5.41, 5.74) is 1.26. The van der Waals surface area contributed by atoms with E-state index >= 15 is 0 Å². The van der Waals surface area contributed by atoms with Gasteiger partial charge < -0.3 is 14.2 Å². The van der Waals surface area contributed by atoms with Gasteiger partial charge in [0.15, 0.2) is 0 Å². The molecule has 6 heteroatoms. The highest BCUT2D eigenvalue weighted by molar-refractivity contribution is 5.95. The Morgan fingerprint density at radius 2 is 1.87 bits per heavy atom. The zero-order valence-electron chi connectivity index (χ0n) is 12.6. The van der Waals surface area contributed by atoms with Crippen molar-refractivity contribution in [2.24, 2.45) is 5.41 Å². The van der Waals surface area contributed by atoms with Gasteiger partial charge in [0.25, 0.3) is 11.8 Å². The number of carbonyl (C=O) groups excluding carboxylic acids is 2. The van der Waals surface area contributed by atoms with Crippen LogP contribution in [0.15, 0.2) is 47.5 Å². The number of aromatic nitrogens is 1. The Kier molecular flexibility index (Phi) is 3.18. The second-order valence-corrected chi connectivity index (χ2v) is 6.39. The van der Waals surface area contributed by atoms with Crippen molar-refractivity contribution in [3.8, 4) is 0 Å². The molecule has 0 N–H and O–H groups in total. The molecule has 0 aliphatic carbocycles. The third-order valence-corrected chi connectivity index (χ3v) is 4.74. The van der Waals surface area contributed by atoms with Gasteiger partial charge in [-0.15, -0.1) is 0 Å². The first-order chi connectivity index (χ1) is 11.2. The number of carbonyl (C=O) groups is 2. The summed E-state index contributed by atoms with van der Waals surface area (Å²) in [4.78, 5) is 32.4. The molecule has 0 bridgehead atoms. The molecule has 0 atom stereocenters. The van der Waals surface area contributed by atoms with E-state index in [-0.39, 0.29) is 17.2 Å². The zero-order valence-corrected chi connectivity index (χ0v) is 12.6. The quantitative estimate of drug-likeness (QED) is 0.846. The van der Waals surface area contributed by atoms with Crippen molar-refractivity contribution in [3.05, 3.63) is 54.2 Å². The highest BCUT2D eigenvalue weighted by atomic mass is 16.3. The van der Waals surface area contributed by atoms with Crippen molar-refractivity contribution < 1.29 is 14.0 Å². The Morgan fingerprint density at radius 3 is 2.57 bits per heavy atom. The average Bonchev–Trinajstić information content (AvgIpc) is 3.22. The van der Waals surface area contributed by atoms with Crippen LogP contribution in [0.2, 0.25) is 0 Å². The van der Waals surface area contributed by atoms with Crippen LogP contribution >= 0.6 is 0 Å². The molecule has 4 rings (SSSR count). The molecule has 1 spiro atoms. The first-order valence-electron chi connectivity index (χ1n) is 7.68. The van der Waals surface area contributed by atoms with Gasteiger partial charge >= 0.3 is 0 Å². The Labute approximate surface area is 133 Å². The van der Waals surface area contributed by atoms with E-state index in [1.54, 1.807) is 30.6 Å². The summed E-state index contributed by atoms with van der Waals surface area (Å²) in [6, 6.07) is 5.24. The molecular formula is C17H17N3O3. The molecule has 0 radical (unpaired) electrons. The van der Waals surface area contributed by atoms with Crippen LogP contribution in [-0.2, 0) is 0 Å². The smallest absolute Gasteiger partial charge is 0.257 e. The Hall–Kier alpha value is -2.63. The lowest BCUT2D eigenvalue weighted by Gasteiger charge is -2.47. The van der Waals surface area contributed by atoms with E-state index in [4.69, 9.17) is 4.42 Å². The predicted octanol–water partition coefficient (Wildman–Crippen LogP) is 1.66. The van der Waals surface area contributed by atoms with E-state index in [1.807, 2.05) is 9.80 Å². The van der Waals surface area contributed by atoms with Crippen LogP contribution in [0.3, 0.4) is 0 Å². The van der Waals surface area contributed by atoms with Gasteiger partial charge in [0, 0.05) is 44.0 Å². The third-order valence-electron chi connectivity index (χ3n) is 4.74.